The number of anilines is 1. The van der Waals surface area contributed by atoms with E-state index in [0.29, 0.717) is 11.3 Å². The van der Waals surface area contributed by atoms with Crippen LogP contribution in [0.25, 0.3) is 0 Å². The van der Waals surface area contributed by atoms with E-state index in [-0.39, 0.29) is 11.6 Å². The van der Waals surface area contributed by atoms with Crippen molar-refractivity contribution >= 4 is 5.69 Å². The molecule has 2 N–H and O–H groups in total. The van der Waals surface area contributed by atoms with Crippen LogP contribution in [0.15, 0.2) is 30.5 Å². The van der Waals surface area contributed by atoms with Gasteiger partial charge in [-0.25, -0.2) is 4.98 Å². The number of nitrogen functional groups attached to an aromatic ring is 1. The van der Waals surface area contributed by atoms with Crippen LogP contribution in [-0.2, 0) is 0 Å². The van der Waals surface area contributed by atoms with Gasteiger partial charge in [-0.2, -0.15) is 5.26 Å². The van der Waals surface area contributed by atoms with Crippen molar-refractivity contribution in [2.24, 2.45) is 0 Å². The van der Waals surface area contributed by atoms with Crippen molar-refractivity contribution in [3.8, 4) is 17.7 Å². The number of aryl methyl sites for hydroxylation is 2. The maximum atomic E-state index is 8.88. The molecule has 0 fully saturated rings. The van der Waals surface area contributed by atoms with E-state index in [1.807, 2.05) is 32.0 Å². The number of aromatic nitrogens is 1. The number of nitrogens with zero attached hydrogens (tertiary/aromatic N) is 2. The Hall–Kier alpha value is -2.54. The molecule has 0 atom stereocenters. The smallest absolute Gasteiger partial charge is 0.244 e. The molecular weight excluding hydrogens is 226 g/mol. The second-order valence-corrected chi connectivity index (χ2v) is 4.11. The molecule has 0 aliphatic heterocycles. The van der Waals surface area contributed by atoms with Gasteiger partial charge < -0.3 is 10.5 Å². The van der Waals surface area contributed by atoms with Gasteiger partial charge in [0.1, 0.15) is 17.5 Å². The fourth-order valence-electron chi connectivity index (χ4n) is 1.74. The highest BCUT2D eigenvalue weighted by Crippen LogP contribution is 2.28. The van der Waals surface area contributed by atoms with Crippen molar-refractivity contribution in [2.75, 3.05) is 5.73 Å². The predicted molar refractivity (Wildman–Crippen MR) is 69.4 cm³/mol. The number of hydrogen-bond donors (Lipinski definition) is 1. The summed E-state index contributed by atoms with van der Waals surface area (Å²) in [6, 6.07) is 9.40. The summed E-state index contributed by atoms with van der Waals surface area (Å²) in [5, 5.41) is 8.88. The highest BCUT2D eigenvalue weighted by molar-refractivity contribution is 5.60. The molecule has 0 amide bonds. The highest BCUT2D eigenvalue weighted by atomic mass is 16.5. The van der Waals surface area contributed by atoms with Crippen LogP contribution >= 0.6 is 0 Å². The van der Waals surface area contributed by atoms with Crippen LogP contribution in [0, 0.1) is 25.2 Å². The fraction of sp³-hybridized carbons (Fsp3) is 0.143. The number of hydrogen-bond acceptors (Lipinski definition) is 4. The van der Waals surface area contributed by atoms with Crippen LogP contribution in [0.2, 0.25) is 0 Å². The molecule has 4 heteroatoms. The zero-order chi connectivity index (χ0) is 13.1. The Bertz CT molecular complexity index is 609. The standard InChI is InChI=1S/C14H13N3O/c1-9-5-10(2)7-12(6-9)18-14-13(16)11(8-15)3-4-17-14/h3-7H,16H2,1-2H3. The van der Waals surface area contributed by atoms with Crippen LogP contribution in [0.1, 0.15) is 16.7 Å². The monoisotopic (exact) mass is 239 g/mol. The Morgan fingerprint density at radius 1 is 1.22 bits per heavy atom. The first-order valence-corrected chi connectivity index (χ1v) is 5.51. The quantitative estimate of drug-likeness (QED) is 0.874. The lowest BCUT2D eigenvalue weighted by Gasteiger charge is -2.09. The maximum absolute atomic E-state index is 8.88. The summed E-state index contributed by atoms with van der Waals surface area (Å²) in [4.78, 5) is 4.04. The summed E-state index contributed by atoms with van der Waals surface area (Å²) < 4.78 is 5.63. The van der Waals surface area contributed by atoms with Crippen molar-refractivity contribution in [3.05, 3.63) is 47.2 Å². The van der Waals surface area contributed by atoms with Crippen molar-refractivity contribution in [1.29, 1.82) is 5.26 Å². The van der Waals surface area contributed by atoms with E-state index in [1.165, 1.54) is 6.20 Å². The summed E-state index contributed by atoms with van der Waals surface area (Å²) in [5.41, 5.74) is 8.63. The number of nitrogens with two attached hydrogens (primary N) is 1. The molecule has 0 aliphatic carbocycles. The minimum absolute atomic E-state index is 0.263. The number of benzene rings is 1. The number of rotatable bonds is 2. The minimum atomic E-state index is 0.263. The third kappa shape index (κ3) is 2.41. The maximum Gasteiger partial charge on any atom is 0.244 e. The Kier molecular flexibility index (Phi) is 3.16. The van der Waals surface area contributed by atoms with Crippen LogP contribution in [0.5, 0.6) is 11.6 Å². The lowest BCUT2D eigenvalue weighted by Crippen LogP contribution is -1.98. The molecule has 90 valence electrons. The zero-order valence-corrected chi connectivity index (χ0v) is 10.3. The van der Waals surface area contributed by atoms with Gasteiger partial charge in [0.2, 0.25) is 5.88 Å². The van der Waals surface area contributed by atoms with E-state index in [9.17, 15) is 0 Å². The van der Waals surface area contributed by atoms with Crippen molar-refractivity contribution in [2.45, 2.75) is 13.8 Å². The lowest BCUT2D eigenvalue weighted by atomic mass is 10.1. The van der Waals surface area contributed by atoms with Crippen LogP contribution in [0.3, 0.4) is 0 Å². The molecule has 2 rings (SSSR count). The predicted octanol–water partition coefficient (Wildman–Crippen LogP) is 2.94. The fourth-order valence-corrected chi connectivity index (χ4v) is 1.74. The molecule has 1 aromatic carbocycles. The second-order valence-electron chi connectivity index (χ2n) is 4.11. The molecule has 2 aromatic rings. The van der Waals surface area contributed by atoms with Gasteiger partial charge in [-0.05, 0) is 43.2 Å². The first kappa shape index (κ1) is 11.9. The summed E-state index contributed by atoms with van der Waals surface area (Å²) in [5.74, 6) is 0.931. The Labute approximate surface area is 106 Å². The van der Waals surface area contributed by atoms with Crippen LogP contribution in [-0.4, -0.2) is 4.98 Å². The third-order valence-electron chi connectivity index (χ3n) is 2.48. The van der Waals surface area contributed by atoms with Gasteiger partial charge in [-0.3, -0.25) is 0 Å². The topological polar surface area (TPSA) is 71.9 Å². The highest BCUT2D eigenvalue weighted by Gasteiger charge is 2.08. The third-order valence-corrected chi connectivity index (χ3v) is 2.48. The minimum Gasteiger partial charge on any atom is -0.437 e. The average Bonchev–Trinajstić information content (AvgIpc) is 2.30. The molecule has 0 unspecified atom stereocenters. The first-order chi connectivity index (χ1) is 8.60. The van der Waals surface area contributed by atoms with Gasteiger partial charge in [0.05, 0.1) is 5.56 Å². The molecule has 0 radical (unpaired) electrons. The summed E-state index contributed by atoms with van der Waals surface area (Å²) in [6.07, 6.45) is 1.51. The molecule has 1 heterocycles. The van der Waals surface area contributed by atoms with Crippen LogP contribution in [0.4, 0.5) is 5.69 Å². The van der Waals surface area contributed by atoms with Gasteiger partial charge in [0, 0.05) is 6.20 Å². The molecule has 0 saturated heterocycles. The van der Waals surface area contributed by atoms with Gasteiger partial charge in [-0.1, -0.05) is 6.07 Å². The molecule has 0 bridgehead atoms. The van der Waals surface area contributed by atoms with Crippen molar-refractivity contribution in [3.63, 3.8) is 0 Å². The van der Waals surface area contributed by atoms with Crippen molar-refractivity contribution in [1.82, 2.24) is 4.98 Å². The molecule has 4 nitrogen and oxygen atoms in total. The van der Waals surface area contributed by atoms with E-state index in [4.69, 9.17) is 15.7 Å². The van der Waals surface area contributed by atoms with Gasteiger partial charge in [-0.15, -0.1) is 0 Å². The van der Waals surface area contributed by atoms with Crippen LogP contribution < -0.4 is 10.5 Å². The second kappa shape index (κ2) is 4.76. The zero-order valence-electron chi connectivity index (χ0n) is 10.3. The normalized spacial score (nSPS) is 9.83. The molecule has 1 aromatic heterocycles. The summed E-state index contributed by atoms with van der Waals surface area (Å²) in [7, 11) is 0. The lowest BCUT2D eigenvalue weighted by molar-refractivity contribution is 0.464. The Balaban J connectivity index is 2.37. The molecule has 0 spiro atoms. The van der Waals surface area contributed by atoms with Crippen molar-refractivity contribution < 1.29 is 4.74 Å². The first-order valence-electron chi connectivity index (χ1n) is 5.51. The SMILES string of the molecule is Cc1cc(C)cc(Oc2nccc(C#N)c2N)c1. The van der Waals surface area contributed by atoms with Gasteiger partial charge >= 0.3 is 0 Å². The van der Waals surface area contributed by atoms with E-state index in [0.717, 1.165) is 11.1 Å². The number of ether oxygens (including phenoxy) is 1. The van der Waals surface area contributed by atoms with Gasteiger partial charge in [0.25, 0.3) is 0 Å². The summed E-state index contributed by atoms with van der Waals surface area (Å²) >= 11 is 0. The van der Waals surface area contributed by atoms with E-state index < -0.39 is 0 Å². The summed E-state index contributed by atoms with van der Waals surface area (Å²) in [6.45, 7) is 3.98. The molecule has 0 saturated carbocycles. The number of nitriles is 1. The van der Waals surface area contributed by atoms with E-state index in [2.05, 4.69) is 11.1 Å². The van der Waals surface area contributed by atoms with E-state index >= 15 is 0 Å². The number of pyridine rings is 1. The average molecular weight is 239 g/mol. The molecule has 0 aliphatic rings. The molecule has 18 heavy (non-hydrogen) atoms. The molecular formula is C14H13N3O. The van der Waals surface area contributed by atoms with Gasteiger partial charge in [0.15, 0.2) is 0 Å². The Morgan fingerprint density at radius 2 is 1.89 bits per heavy atom. The Morgan fingerprint density at radius 3 is 2.50 bits per heavy atom. The van der Waals surface area contributed by atoms with E-state index in [1.54, 1.807) is 6.07 Å². The largest absolute Gasteiger partial charge is 0.437 e.